The third-order valence-electron chi connectivity index (χ3n) is 4.30. The number of para-hydroxylation sites is 1. The summed E-state index contributed by atoms with van der Waals surface area (Å²) >= 11 is 0. The molecule has 0 aliphatic carbocycles. The van der Waals surface area contributed by atoms with Crippen LogP contribution in [0.1, 0.15) is 15.9 Å². The van der Waals surface area contributed by atoms with E-state index in [2.05, 4.69) is 5.10 Å². The van der Waals surface area contributed by atoms with Gasteiger partial charge in [-0.3, -0.25) is 0 Å². The molecular weight excluding hydrogens is 355 g/mol. The highest BCUT2D eigenvalue weighted by molar-refractivity contribution is 5.89. The lowest BCUT2D eigenvalue weighted by Crippen LogP contribution is -2.05. The van der Waals surface area contributed by atoms with E-state index in [0.717, 1.165) is 22.5 Å². The Bertz CT molecular complexity index is 1070. The number of ether oxygens (including phenoxy) is 1. The van der Waals surface area contributed by atoms with Crippen molar-refractivity contribution in [2.75, 3.05) is 0 Å². The lowest BCUT2D eigenvalue weighted by Gasteiger charge is -2.05. The van der Waals surface area contributed by atoms with E-state index in [1.807, 2.05) is 66.9 Å². The number of hydrogen-bond acceptors (Lipinski definition) is 3. The van der Waals surface area contributed by atoms with E-state index in [0.29, 0.717) is 5.56 Å². The monoisotopic (exact) mass is 372 g/mol. The van der Waals surface area contributed by atoms with Crippen LogP contribution < -0.4 is 0 Å². The van der Waals surface area contributed by atoms with E-state index in [4.69, 9.17) is 4.74 Å². The summed E-state index contributed by atoms with van der Waals surface area (Å²) in [6, 6.07) is 24.7. The zero-order valence-corrected chi connectivity index (χ0v) is 15.0. The molecule has 0 atom stereocenters. The molecule has 0 amide bonds. The first-order chi connectivity index (χ1) is 13.7. The van der Waals surface area contributed by atoms with Crippen molar-refractivity contribution in [3.05, 3.63) is 108 Å². The molecule has 5 heteroatoms. The lowest BCUT2D eigenvalue weighted by atomic mass is 10.1. The standard InChI is InChI=1S/C23H17FN2O2/c24-20-13-11-18(12-14-20)23(27)28-16-19-15-26(21-9-5-2-6-10-21)25-22(19)17-7-3-1-4-8-17/h1-15H,16H2. The van der Waals surface area contributed by atoms with Crippen molar-refractivity contribution in [3.63, 3.8) is 0 Å². The quantitative estimate of drug-likeness (QED) is 0.461. The number of carbonyl (C=O) groups excluding carboxylic acids is 1. The Hall–Kier alpha value is -3.73. The van der Waals surface area contributed by atoms with Crippen LogP contribution in [-0.4, -0.2) is 15.7 Å². The molecule has 1 aromatic heterocycles. The first kappa shape index (κ1) is 17.7. The minimum Gasteiger partial charge on any atom is -0.457 e. The van der Waals surface area contributed by atoms with Crippen LogP contribution in [-0.2, 0) is 11.3 Å². The summed E-state index contributed by atoms with van der Waals surface area (Å²) in [4.78, 5) is 12.3. The molecule has 0 unspecified atom stereocenters. The minimum absolute atomic E-state index is 0.0628. The van der Waals surface area contributed by atoms with Gasteiger partial charge in [-0.2, -0.15) is 5.10 Å². The molecule has 3 aromatic carbocycles. The molecule has 138 valence electrons. The fraction of sp³-hybridized carbons (Fsp3) is 0.0435. The molecule has 0 saturated heterocycles. The second kappa shape index (κ2) is 7.88. The number of esters is 1. The maximum absolute atomic E-state index is 13.0. The second-order valence-electron chi connectivity index (χ2n) is 6.23. The van der Waals surface area contributed by atoms with Gasteiger partial charge in [0.25, 0.3) is 0 Å². The van der Waals surface area contributed by atoms with E-state index in [9.17, 15) is 9.18 Å². The predicted octanol–water partition coefficient (Wildman–Crippen LogP) is 5.04. The van der Waals surface area contributed by atoms with Gasteiger partial charge in [-0.15, -0.1) is 0 Å². The molecule has 0 saturated carbocycles. The molecular formula is C23H17FN2O2. The summed E-state index contributed by atoms with van der Waals surface area (Å²) < 4.78 is 20.3. The number of hydrogen-bond donors (Lipinski definition) is 0. The van der Waals surface area contributed by atoms with Gasteiger partial charge in [0.1, 0.15) is 12.4 Å². The van der Waals surface area contributed by atoms with Crippen LogP contribution in [0.2, 0.25) is 0 Å². The number of aromatic nitrogens is 2. The Morgan fingerprint density at radius 3 is 2.21 bits per heavy atom. The first-order valence-electron chi connectivity index (χ1n) is 8.83. The highest BCUT2D eigenvalue weighted by atomic mass is 19.1. The van der Waals surface area contributed by atoms with Crippen LogP contribution >= 0.6 is 0 Å². The molecule has 0 spiro atoms. The van der Waals surface area contributed by atoms with Crippen LogP contribution in [0.5, 0.6) is 0 Å². The van der Waals surface area contributed by atoms with Crippen LogP contribution in [0.25, 0.3) is 16.9 Å². The largest absolute Gasteiger partial charge is 0.457 e. The third kappa shape index (κ3) is 3.83. The van der Waals surface area contributed by atoms with Gasteiger partial charge in [-0.1, -0.05) is 48.5 Å². The van der Waals surface area contributed by atoms with Gasteiger partial charge in [0.05, 0.1) is 16.9 Å². The zero-order chi connectivity index (χ0) is 19.3. The molecule has 4 aromatic rings. The van der Waals surface area contributed by atoms with Crippen molar-refractivity contribution in [1.82, 2.24) is 9.78 Å². The van der Waals surface area contributed by atoms with Crippen LogP contribution in [0.15, 0.2) is 91.1 Å². The SMILES string of the molecule is O=C(OCc1cn(-c2ccccc2)nc1-c1ccccc1)c1ccc(F)cc1. The topological polar surface area (TPSA) is 44.1 Å². The van der Waals surface area contributed by atoms with E-state index < -0.39 is 11.8 Å². The fourth-order valence-corrected chi connectivity index (χ4v) is 2.88. The average molecular weight is 372 g/mol. The zero-order valence-electron chi connectivity index (χ0n) is 15.0. The summed E-state index contributed by atoms with van der Waals surface area (Å²) in [6.45, 7) is 0.0628. The number of benzene rings is 3. The summed E-state index contributed by atoms with van der Waals surface area (Å²) in [5.41, 5.74) is 3.68. The molecule has 0 aliphatic heterocycles. The average Bonchev–Trinajstić information content (AvgIpc) is 3.18. The summed E-state index contributed by atoms with van der Waals surface area (Å²) in [5.74, 6) is -0.904. The molecule has 4 rings (SSSR count). The first-order valence-corrected chi connectivity index (χ1v) is 8.83. The van der Waals surface area contributed by atoms with E-state index >= 15 is 0 Å². The molecule has 0 aliphatic rings. The maximum atomic E-state index is 13.0. The van der Waals surface area contributed by atoms with Crippen LogP contribution in [0, 0.1) is 5.82 Å². The van der Waals surface area contributed by atoms with Gasteiger partial charge in [0, 0.05) is 17.3 Å². The van der Waals surface area contributed by atoms with Crippen LogP contribution in [0.4, 0.5) is 4.39 Å². The van der Waals surface area contributed by atoms with Crippen LogP contribution in [0.3, 0.4) is 0 Å². The summed E-state index contributed by atoms with van der Waals surface area (Å²) in [7, 11) is 0. The Balaban J connectivity index is 1.62. The number of carbonyl (C=O) groups is 1. The van der Waals surface area contributed by atoms with E-state index in [-0.39, 0.29) is 6.61 Å². The smallest absolute Gasteiger partial charge is 0.338 e. The molecule has 0 N–H and O–H groups in total. The lowest BCUT2D eigenvalue weighted by molar-refractivity contribution is 0.0473. The molecule has 0 bridgehead atoms. The second-order valence-corrected chi connectivity index (χ2v) is 6.23. The van der Waals surface area contributed by atoms with Gasteiger partial charge < -0.3 is 4.74 Å². The highest BCUT2D eigenvalue weighted by Crippen LogP contribution is 2.24. The van der Waals surface area contributed by atoms with Gasteiger partial charge in [-0.05, 0) is 36.4 Å². The Morgan fingerprint density at radius 1 is 0.893 bits per heavy atom. The highest BCUT2D eigenvalue weighted by Gasteiger charge is 2.15. The molecule has 0 radical (unpaired) electrons. The van der Waals surface area contributed by atoms with Crippen molar-refractivity contribution in [2.24, 2.45) is 0 Å². The summed E-state index contributed by atoms with van der Waals surface area (Å²) in [6.07, 6.45) is 1.86. The van der Waals surface area contributed by atoms with E-state index in [1.54, 1.807) is 4.68 Å². The predicted molar refractivity (Wildman–Crippen MR) is 105 cm³/mol. The van der Waals surface area contributed by atoms with Crippen molar-refractivity contribution in [2.45, 2.75) is 6.61 Å². The number of rotatable bonds is 5. The summed E-state index contributed by atoms with van der Waals surface area (Å²) in [5, 5.41) is 4.69. The van der Waals surface area contributed by atoms with Gasteiger partial charge in [0.15, 0.2) is 0 Å². The molecule has 28 heavy (non-hydrogen) atoms. The van der Waals surface area contributed by atoms with Gasteiger partial charge in [-0.25, -0.2) is 13.9 Å². The fourth-order valence-electron chi connectivity index (χ4n) is 2.88. The van der Waals surface area contributed by atoms with Crippen molar-refractivity contribution in [3.8, 4) is 16.9 Å². The number of halogens is 1. The Labute approximate surface area is 161 Å². The van der Waals surface area contributed by atoms with Crippen molar-refractivity contribution in [1.29, 1.82) is 0 Å². The van der Waals surface area contributed by atoms with Crippen molar-refractivity contribution >= 4 is 5.97 Å². The van der Waals surface area contributed by atoms with E-state index in [1.165, 1.54) is 24.3 Å². The molecule has 1 heterocycles. The maximum Gasteiger partial charge on any atom is 0.338 e. The number of nitrogens with zero attached hydrogens (tertiary/aromatic N) is 2. The molecule has 0 fully saturated rings. The molecule has 4 nitrogen and oxygen atoms in total. The van der Waals surface area contributed by atoms with Crippen molar-refractivity contribution < 1.29 is 13.9 Å². The van der Waals surface area contributed by atoms with Gasteiger partial charge in [0.2, 0.25) is 0 Å². The third-order valence-corrected chi connectivity index (χ3v) is 4.30. The Morgan fingerprint density at radius 2 is 1.54 bits per heavy atom. The Kier molecular flexibility index (Phi) is 4.97. The normalized spacial score (nSPS) is 10.6. The van der Waals surface area contributed by atoms with Gasteiger partial charge >= 0.3 is 5.97 Å². The minimum atomic E-state index is -0.508.